The van der Waals surface area contributed by atoms with Crippen molar-refractivity contribution in [3.8, 4) is 5.75 Å². The first kappa shape index (κ1) is 15.8. The third kappa shape index (κ3) is 2.77. The van der Waals surface area contributed by atoms with E-state index in [1.54, 1.807) is 4.72 Å². The molecule has 0 unspecified atom stereocenters. The first-order valence-corrected chi connectivity index (χ1v) is 7.24. The van der Waals surface area contributed by atoms with Gasteiger partial charge < -0.3 is 10.5 Å². The number of sulfonamides is 1. The molecule has 10 heteroatoms. The van der Waals surface area contributed by atoms with Gasteiger partial charge in [0.15, 0.2) is 11.6 Å². The maximum absolute atomic E-state index is 13.6. The van der Waals surface area contributed by atoms with Crippen molar-refractivity contribution in [3.05, 3.63) is 17.9 Å². The highest BCUT2D eigenvalue weighted by Gasteiger charge is 2.65. The monoisotopic (exact) mass is 328 g/mol. The molecule has 0 aromatic heterocycles. The minimum Gasteiger partial charge on any atom is -0.492 e. The van der Waals surface area contributed by atoms with E-state index in [1.807, 2.05) is 0 Å². The number of hydrogen-bond donors (Lipinski definition) is 2. The topological polar surface area (TPSA) is 81.4 Å². The van der Waals surface area contributed by atoms with Crippen molar-refractivity contribution < 1.29 is 30.7 Å². The van der Waals surface area contributed by atoms with Gasteiger partial charge in [-0.1, -0.05) is 0 Å². The predicted molar refractivity (Wildman–Crippen MR) is 65.7 cm³/mol. The van der Waals surface area contributed by atoms with Gasteiger partial charge in [-0.15, -0.1) is 0 Å². The van der Waals surface area contributed by atoms with Crippen LogP contribution in [-0.4, -0.2) is 27.2 Å². The van der Waals surface area contributed by atoms with E-state index in [0.29, 0.717) is 6.07 Å². The molecule has 1 aliphatic carbocycles. The molecule has 0 aliphatic heterocycles. The second-order valence-corrected chi connectivity index (χ2v) is 6.40. The van der Waals surface area contributed by atoms with Crippen molar-refractivity contribution in [3.63, 3.8) is 0 Å². The number of benzene rings is 1. The number of anilines is 1. The third-order valence-corrected chi connectivity index (χ3v) is 4.70. The van der Waals surface area contributed by atoms with Crippen LogP contribution in [-0.2, 0) is 10.0 Å². The number of alkyl halides is 3. The maximum Gasteiger partial charge on any atom is 0.407 e. The van der Waals surface area contributed by atoms with E-state index >= 15 is 0 Å². The van der Waals surface area contributed by atoms with Crippen LogP contribution in [0.5, 0.6) is 5.75 Å². The highest BCUT2D eigenvalue weighted by molar-refractivity contribution is 7.89. The molecule has 0 spiro atoms. The summed E-state index contributed by atoms with van der Waals surface area (Å²) in [7, 11) is -3.43. The molecule has 1 aromatic carbocycles. The Morgan fingerprint density at radius 1 is 1.33 bits per heavy atom. The molecule has 0 atom stereocenters. The summed E-state index contributed by atoms with van der Waals surface area (Å²) in [6.07, 6.45) is -5.43. The number of nitrogen functional groups attached to an aromatic ring is 1. The lowest BCUT2D eigenvalue weighted by atomic mass is 10.3. The van der Waals surface area contributed by atoms with Crippen LogP contribution >= 0.6 is 0 Å². The molecule has 0 saturated heterocycles. The summed E-state index contributed by atoms with van der Waals surface area (Å²) in [5.74, 6) is -1.44. The van der Waals surface area contributed by atoms with Gasteiger partial charge in [-0.25, -0.2) is 12.8 Å². The zero-order valence-electron chi connectivity index (χ0n) is 10.8. The predicted octanol–water partition coefficient (Wildman–Crippen LogP) is 1.79. The van der Waals surface area contributed by atoms with Gasteiger partial charge in [-0.05, 0) is 25.0 Å². The molecule has 1 aliphatic rings. The molecule has 0 bridgehead atoms. The Kier molecular flexibility index (Phi) is 3.57. The molecule has 5 nitrogen and oxygen atoms in total. The molecule has 0 amide bonds. The first-order valence-electron chi connectivity index (χ1n) is 5.76. The fraction of sp³-hybridized carbons (Fsp3) is 0.455. The Morgan fingerprint density at radius 3 is 2.29 bits per heavy atom. The van der Waals surface area contributed by atoms with Gasteiger partial charge in [0.2, 0.25) is 10.0 Å². The number of rotatable bonds is 4. The van der Waals surface area contributed by atoms with Crippen molar-refractivity contribution in [2.75, 3.05) is 12.8 Å². The van der Waals surface area contributed by atoms with Gasteiger partial charge in [-0.3, -0.25) is 0 Å². The number of hydrogen-bond acceptors (Lipinski definition) is 4. The fourth-order valence-electron chi connectivity index (χ4n) is 1.84. The summed E-state index contributed by atoms with van der Waals surface area (Å²) in [6.45, 7) is 0. The van der Waals surface area contributed by atoms with Crippen molar-refractivity contribution in [1.29, 1.82) is 0 Å². The van der Waals surface area contributed by atoms with E-state index in [2.05, 4.69) is 4.74 Å². The van der Waals surface area contributed by atoms with Crippen molar-refractivity contribution in [2.24, 2.45) is 0 Å². The molecular formula is C11H12F4N2O3S. The molecule has 0 heterocycles. The van der Waals surface area contributed by atoms with Gasteiger partial charge in [0.05, 0.1) is 17.7 Å². The number of ether oxygens (including phenoxy) is 1. The van der Waals surface area contributed by atoms with Crippen molar-refractivity contribution in [1.82, 2.24) is 4.72 Å². The fourth-order valence-corrected chi connectivity index (χ4v) is 3.34. The Labute approximate surface area is 118 Å². The number of methoxy groups -OCH3 is 1. The van der Waals surface area contributed by atoms with Crippen LogP contribution in [0.2, 0.25) is 0 Å². The summed E-state index contributed by atoms with van der Waals surface area (Å²) in [5, 5.41) is 0. The van der Waals surface area contributed by atoms with Gasteiger partial charge in [0, 0.05) is 0 Å². The Bertz CT molecular complexity index is 646. The van der Waals surface area contributed by atoms with E-state index in [-0.39, 0.29) is 24.3 Å². The van der Waals surface area contributed by atoms with Crippen LogP contribution in [0.15, 0.2) is 17.0 Å². The lowest BCUT2D eigenvalue weighted by Crippen LogP contribution is -2.47. The zero-order valence-corrected chi connectivity index (χ0v) is 11.6. The third-order valence-electron chi connectivity index (χ3n) is 3.18. The van der Waals surface area contributed by atoms with E-state index in [0.717, 1.165) is 13.2 Å². The minimum absolute atomic E-state index is 0.324. The lowest BCUT2D eigenvalue weighted by molar-refractivity contribution is -0.160. The van der Waals surface area contributed by atoms with Crippen LogP contribution in [0.25, 0.3) is 0 Å². The summed E-state index contributed by atoms with van der Waals surface area (Å²) in [6, 6.07) is 1.40. The number of nitrogens with two attached hydrogens (primary N) is 1. The van der Waals surface area contributed by atoms with E-state index in [4.69, 9.17) is 5.73 Å². The molecular weight excluding hydrogens is 316 g/mol. The molecule has 3 N–H and O–H groups in total. The molecule has 118 valence electrons. The van der Waals surface area contributed by atoms with Crippen LogP contribution in [0, 0.1) is 5.82 Å². The van der Waals surface area contributed by atoms with Gasteiger partial charge in [0.1, 0.15) is 5.54 Å². The lowest BCUT2D eigenvalue weighted by Gasteiger charge is -2.21. The Balaban J connectivity index is 2.38. The summed E-state index contributed by atoms with van der Waals surface area (Å²) < 4.78 is 82.0. The van der Waals surface area contributed by atoms with Crippen molar-refractivity contribution in [2.45, 2.75) is 29.5 Å². The first-order chi connectivity index (χ1) is 9.52. The zero-order chi connectivity index (χ0) is 16.1. The molecule has 2 rings (SSSR count). The molecule has 1 fully saturated rings. The summed E-state index contributed by atoms with van der Waals surface area (Å²) >= 11 is 0. The second kappa shape index (κ2) is 4.73. The molecule has 1 saturated carbocycles. The minimum atomic E-state index is -4.71. The van der Waals surface area contributed by atoms with E-state index in [1.165, 1.54) is 0 Å². The summed E-state index contributed by atoms with van der Waals surface area (Å²) in [5.41, 5.74) is 2.62. The average molecular weight is 328 g/mol. The average Bonchev–Trinajstić information content (AvgIpc) is 3.08. The highest BCUT2D eigenvalue weighted by Crippen LogP contribution is 2.49. The highest BCUT2D eigenvalue weighted by atomic mass is 32.2. The number of nitrogens with one attached hydrogen (secondary N) is 1. The quantitative estimate of drug-likeness (QED) is 0.652. The molecule has 21 heavy (non-hydrogen) atoms. The van der Waals surface area contributed by atoms with Crippen LogP contribution in [0.4, 0.5) is 23.2 Å². The van der Waals surface area contributed by atoms with Gasteiger partial charge in [0.25, 0.3) is 0 Å². The second-order valence-electron chi connectivity index (χ2n) is 4.71. The standard InChI is InChI=1S/C11H12F4N2O3S/c1-20-9-7(12)4-6(5-8(9)16)21(18,19)17-10(2-3-10)11(13,14)15/h4-5,17H,2-3,16H2,1H3. The maximum atomic E-state index is 13.6. The smallest absolute Gasteiger partial charge is 0.407 e. The van der Waals surface area contributed by atoms with Crippen LogP contribution in [0.1, 0.15) is 12.8 Å². The largest absolute Gasteiger partial charge is 0.492 e. The SMILES string of the molecule is COc1c(N)cc(S(=O)(=O)NC2(C(F)(F)F)CC2)cc1F. The van der Waals surface area contributed by atoms with Crippen LogP contribution in [0.3, 0.4) is 0 Å². The Hall–Kier alpha value is -1.55. The Morgan fingerprint density at radius 2 is 1.90 bits per heavy atom. The van der Waals surface area contributed by atoms with E-state index < -0.39 is 32.5 Å². The van der Waals surface area contributed by atoms with Gasteiger partial charge in [-0.2, -0.15) is 17.9 Å². The van der Waals surface area contributed by atoms with E-state index in [9.17, 15) is 26.0 Å². The molecule has 0 radical (unpaired) electrons. The van der Waals surface area contributed by atoms with Crippen LogP contribution < -0.4 is 15.2 Å². The van der Waals surface area contributed by atoms with Crippen molar-refractivity contribution >= 4 is 15.7 Å². The number of halogens is 4. The summed E-state index contributed by atoms with van der Waals surface area (Å²) in [4.78, 5) is -0.686. The van der Waals surface area contributed by atoms with Gasteiger partial charge >= 0.3 is 6.18 Å². The molecule has 1 aromatic rings. The normalized spacial score (nSPS) is 17.6.